The Kier molecular flexibility index (Phi) is 3.02. The molecular formula is C12H15FN2O2. The SMILES string of the molecule is CC1(CN)CN(Cc2ccccc2F)C(=O)O1. The number of carbonyl (C=O) groups is 1. The Bertz CT molecular complexity index is 438. The van der Waals surface area contributed by atoms with Gasteiger partial charge in [-0.05, 0) is 13.0 Å². The van der Waals surface area contributed by atoms with Gasteiger partial charge < -0.3 is 10.5 Å². The van der Waals surface area contributed by atoms with Gasteiger partial charge in [0.25, 0.3) is 0 Å². The Hall–Kier alpha value is -1.62. The van der Waals surface area contributed by atoms with E-state index in [1.54, 1.807) is 25.1 Å². The summed E-state index contributed by atoms with van der Waals surface area (Å²) in [6.07, 6.45) is -0.443. The summed E-state index contributed by atoms with van der Waals surface area (Å²) >= 11 is 0. The number of amides is 1. The topological polar surface area (TPSA) is 55.6 Å². The summed E-state index contributed by atoms with van der Waals surface area (Å²) in [7, 11) is 0. The molecule has 17 heavy (non-hydrogen) atoms. The average Bonchev–Trinajstić information content (AvgIpc) is 2.58. The summed E-state index contributed by atoms with van der Waals surface area (Å²) in [5, 5.41) is 0. The first-order valence-corrected chi connectivity index (χ1v) is 5.45. The standard InChI is InChI=1S/C12H15FN2O2/c1-12(7-14)8-15(11(16)17-12)6-9-4-2-3-5-10(9)13/h2-5H,6-8,14H2,1H3. The van der Waals surface area contributed by atoms with Gasteiger partial charge in [-0.2, -0.15) is 0 Å². The minimum absolute atomic E-state index is 0.209. The van der Waals surface area contributed by atoms with Gasteiger partial charge in [0.05, 0.1) is 13.1 Å². The van der Waals surface area contributed by atoms with E-state index in [9.17, 15) is 9.18 Å². The maximum Gasteiger partial charge on any atom is 0.410 e. The van der Waals surface area contributed by atoms with E-state index in [2.05, 4.69) is 0 Å². The van der Waals surface area contributed by atoms with E-state index in [4.69, 9.17) is 10.5 Å². The smallest absolute Gasteiger partial charge is 0.410 e. The van der Waals surface area contributed by atoms with Crippen LogP contribution in [0.25, 0.3) is 0 Å². The van der Waals surface area contributed by atoms with Crippen LogP contribution in [0.15, 0.2) is 24.3 Å². The number of cyclic esters (lactones) is 1. The molecule has 2 N–H and O–H groups in total. The summed E-state index contributed by atoms with van der Waals surface area (Å²) in [5.41, 5.74) is 5.35. The van der Waals surface area contributed by atoms with Crippen LogP contribution in [-0.2, 0) is 11.3 Å². The third-order valence-electron chi connectivity index (χ3n) is 2.87. The van der Waals surface area contributed by atoms with Crippen molar-refractivity contribution in [1.82, 2.24) is 4.90 Å². The zero-order chi connectivity index (χ0) is 12.5. The molecule has 1 aliphatic rings. The molecule has 2 rings (SSSR count). The Morgan fingerprint density at radius 3 is 2.82 bits per heavy atom. The molecule has 1 heterocycles. The van der Waals surface area contributed by atoms with E-state index in [-0.39, 0.29) is 18.9 Å². The Morgan fingerprint density at radius 1 is 1.53 bits per heavy atom. The fourth-order valence-corrected chi connectivity index (χ4v) is 1.83. The molecule has 4 nitrogen and oxygen atoms in total. The fourth-order valence-electron chi connectivity index (χ4n) is 1.83. The van der Waals surface area contributed by atoms with E-state index in [1.165, 1.54) is 11.0 Å². The number of hydrogen-bond acceptors (Lipinski definition) is 3. The third-order valence-corrected chi connectivity index (χ3v) is 2.87. The lowest BCUT2D eigenvalue weighted by Gasteiger charge is -2.19. The maximum atomic E-state index is 13.4. The van der Waals surface area contributed by atoms with Crippen LogP contribution >= 0.6 is 0 Å². The van der Waals surface area contributed by atoms with E-state index < -0.39 is 11.7 Å². The average molecular weight is 238 g/mol. The van der Waals surface area contributed by atoms with E-state index in [0.717, 1.165) is 0 Å². The minimum atomic E-state index is -0.664. The molecule has 92 valence electrons. The van der Waals surface area contributed by atoms with Crippen molar-refractivity contribution in [1.29, 1.82) is 0 Å². The molecule has 1 saturated heterocycles. The first kappa shape index (κ1) is 11.9. The van der Waals surface area contributed by atoms with Crippen molar-refractivity contribution in [2.75, 3.05) is 13.1 Å². The Labute approximate surface area is 99.2 Å². The van der Waals surface area contributed by atoms with E-state index in [0.29, 0.717) is 12.1 Å². The normalized spacial score (nSPS) is 23.9. The van der Waals surface area contributed by atoms with Crippen molar-refractivity contribution >= 4 is 6.09 Å². The second-order valence-corrected chi connectivity index (χ2v) is 4.47. The number of benzene rings is 1. The third kappa shape index (κ3) is 2.39. The summed E-state index contributed by atoms with van der Waals surface area (Å²) in [6.45, 7) is 2.62. The molecule has 0 saturated carbocycles. The lowest BCUT2D eigenvalue weighted by Crippen LogP contribution is -2.38. The number of hydrogen-bond donors (Lipinski definition) is 1. The Morgan fingerprint density at radius 2 is 2.24 bits per heavy atom. The molecule has 1 aromatic carbocycles. The molecular weight excluding hydrogens is 223 g/mol. The lowest BCUT2D eigenvalue weighted by molar-refractivity contribution is 0.0781. The summed E-state index contributed by atoms with van der Waals surface area (Å²) in [4.78, 5) is 13.1. The number of ether oxygens (including phenoxy) is 1. The van der Waals surface area contributed by atoms with Crippen molar-refractivity contribution in [3.63, 3.8) is 0 Å². The fraction of sp³-hybridized carbons (Fsp3) is 0.417. The van der Waals surface area contributed by atoms with Crippen molar-refractivity contribution in [2.24, 2.45) is 5.73 Å². The van der Waals surface area contributed by atoms with Gasteiger partial charge in [0.15, 0.2) is 0 Å². The zero-order valence-corrected chi connectivity index (χ0v) is 9.65. The summed E-state index contributed by atoms with van der Waals surface area (Å²) < 4.78 is 18.6. The lowest BCUT2D eigenvalue weighted by atomic mass is 10.1. The van der Waals surface area contributed by atoms with Crippen LogP contribution in [0.5, 0.6) is 0 Å². The van der Waals surface area contributed by atoms with E-state index in [1.807, 2.05) is 0 Å². The van der Waals surface area contributed by atoms with Gasteiger partial charge >= 0.3 is 6.09 Å². The van der Waals surface area contributed by atoms with Crippen LogP contribution in [0.2, 0.25) is 0 Å². The maximum absolute atomic E-state index is 13.4. The van der Waals surface area contributed by atoms with Crippen LogP contribution in [0.4, 0.5) is 9.18 Å². The highest BCUT2D eigenvalue weighted by molar-refractivity contribution is 5.70. The van der Waals surface area contributed by atoms with Gasteiger partial charge in [0.1, 0.15) is 11.4 Å². The summed E-state index contributed by atoms with van der Waals surface area (Å²) in [5.74, 6) is -0.318. The monoisotopic (exact) mass is 238 g/mol. The van der Waals surface area contributed by atoms with Crippen molar-refractivity contribution in [3.05, 3.63) is 35.6 Å². The second-order valence-electron chi connectivity index (χ2n) is 4.47. The highest BCUT2D eigenvalue weighted by Gasteiger charge is 2.40. The van der Waals surface area contributed by atoms with Gasteiger partial charge in [-0.25, -0.2) is 9.18 Å². The molecule has 0 aliphatic carbocycles. The first-order valence-electron chi connectivity index (χ1n) is 5.45. The van der Waals surface area contributed by atoms with Crippen LogP contribution in [0.1, 0.15) is 12.5 Å². The highest BCUT2D eigenvalue weighted by atomic mass is 19.1. The van der Waals surface area contributed by atoms with Gasteiger partial charge in [-0.15, -0.1) is 0 Å². The van der Waals surface area contributed by atoms with E-state index >= 15 is 0 Å². The van der Waals surface area contributed by atoms with Crippen molar-refractivity contribution in [2.45, 2.75) is 19.1 Å². The van der Waals surface area contributed by atoms with Crippen LogP contribution in [-0.4, -0.2) is 29.7 Å². The molecule has 0 spiro atoms. The molecule has 1 aliphatic heterocycles. The Balaban J connectivity index is 2.11. The van der Waals surface area contributed by atoms with Gasteiger partial charge in [-0.3, -0.25) is 4.90 Å². The molecule has 1 fully saturated rings. The molecule has 1 unspecified atom stereocenters. The molecule has 1 aromatic rings. The zero-order valence-electron chi connectivity index (χ0n) is 9.65. The molecule has 0 radical (unpaired) electrons. The number of nitrogens with two attached hydrogens (primary N) is 1. The number of nitrogens with zero attached hydrogens (tertiary/aromatic N) is 1. The molecule has 0 aromatic heterocycles. The predicted molar refractivity (Wildman–Crippen MR) is 60.8 cm³/mol. The van der Waals surface area contributed by atoms with Crippen molar-refractivity contribution < 1.29 is 13.9 Å². The van der Waals surface area contributed by atoms with Crippen LogP contribution in [0.3, 0.4) is 0 Å². The largest absolute Gasteiger partial charge is 0.440 e. The van der Waals surface area contributed by atoms with Crippen molar-refractivity contribution in [3.8, 4) is 0 Å². The minimum Gasteiger partial charge on any atom is -0.440 e. The first-order chi connectivity index (χ1) is 8.04. The number of carbonyl (C=O) groups excluding carboxylic acids is 1. The molecule has 1 atom stereocenters. The van der Waals surface area contributed by atoms with Gasteiger partial charge in [0, 0.05) is 12.1 Å². The molecule has 1 amide bonds. The second kappa shape index (κ2) is 4.33. The number of rotatable bonds is 3. The van der Waals surface area contributed by atoms with Gasteiger partial charge in [0.2, 0.25) is 0 Å². The quantitative estimate of drug-likeness (QED) is 0.868. The van der Waals surface area contributed by atoms with Crippen LogP contribution in [0, 0.1) is 5.82 Å². The number of halogens is 1. The molecule has 0 bridgehead atoms. The van der Waals surface area contributed by atoms with Gasteiger partial charge in [-0.1, -0.05) is 18.2 Å². The van der Waals surface area contributed by atoms with Crippen LogP contribution < -0.4 is 5.73 Å². The molecule has 5 heteroatoms. The summed E-state index contributed by atoms with van der Waals surface area (Å²) in [6, 6.07) is 6.38. The predicted octanol–water partition coefficient (Wildman–Crippen LogP) is 1.50. The highest BCUT2D eigenvalue weighted by Crippen LogP contribution is 2.23.